The molecule has 1 atom stereocenters. The summed E-state index contributed by atoms with van der Waals surface area (Å²) in [5.41, 5.74) is 0.341. The summed E-state index contributed by atoms with van der Waals surface area (Å²) in [5, 5.41) is 3.75. The minimum absolute atomic E-state index is 0.341. The van der Waals surface area contributed by atoms with Gasteiger partial charge >= 0.3 is 0 Å². The zero-order valence-corrected chi connectivity index (χ0v) is 14.0. The van der Waals surface area contributed by atoms with Gasteiger partial charge in [-0.2, -0.15) is 0 Å². The van der Waals surface area contributed by atoms with Gasteiger partial charge in [-0.3, -0.25) is 0 Å². The van der Waals surface area contributed by atoms with Gasteiger partial charge in [-0.15, -0.1) is 0 Å². The Kier molecular flexibility index (Phi) is 7.38. The molecule has 0 aromatic rings. The van der Waals surface area contributed by atoms with Crippen molar-refractivity contribution in [2.24, 2.45) is 5.41 Å². The molecule has 0 spiro atoms. The molecule has 1 rings (SSSR count). The Morgan fingerprint density at radius 3 is 2.16 bits per heavy atom. The molecule has 1 aliphatic carbocycles. The lowest BCUT2D eigenvalue weighted by Gasteiger charge is -2.37. The molecule has 1 saturated carbocycles. The third-order valence-electron chi connectivity index (χ3n) is 4.60. The summed E-state index contributed by atoms with van der Waals surface area (Å²) < 4.78 is 0. The van der Waals surface area contributed by atoms with E-state index in [-0.39, 0.29) is 0 Å². The molecule has 19 heavy (non-hydrogen) atoms. The first-order chi connectivity index (χ1) is 8.95. The molecule has 0 aromatic carbocycles. The van der Waals surface area contributed by atoms with Crippen molar-refractivity contribution in [3.05, 3.63) is 0 Å². The smallest absolute Gasteiger partial charge is 0.0243 e. The lowest BCUT2D eigenvalue weighted by Crippen LogP contribution is -2.50. The monoisotopic (exact) mass is 268 g/mol. The van der Waals surface area contributed by atoms with Gasteiger partial charge in [0.25, 0.3) is 0 Å². The molecule has 0 aliphatic heterocycles. The maximum Gasteiger partial charge on any atom is 0.0243 e. The molecule has 114 valence electrons. The lowest BCUT2D eigenvalue weighted by atomic mass is 9.86. The van der Waals surface area contributed by atoms with Crippen molar-refractivity contribution in [1.82, 2.24) is 10.2 Å². The highest BCUT2D eigenvalue weighted by Crippen LogP contribution is 2.24. The summed E-state index contributed by atoms with van der Waals surface area (Å²) in [5.74, 6) is 0. The van der Waals surface area contributed by atoms with Crippen LogP contribution in [0.4, 0.5) is 0 Å². The Morgan fingerprint density at radius 2 is 1.68 bits per heavy atom. The summed E-state index contributed by atoms with van der Waals surface area (Å²) >= 11 is 0. The van der Waals surface area contributed by atoms with Crippen molar-refractivity contribution in [2.45, 2.75) is 84.7 Å². The number of rotatable bonds is 6. The predicted molar refractivity (Wildman–Crippen MR) is 85.7 cm³/mol. The molecule has 0 heterocycles. The summed E-state index contributed by atoms with van der Waals surface area (Å²) in [6, 6.07) is 1.41. The number of likely N-dealkylation sites (N-methyl/N-ethyl adjacent to an activating group) is 1. The van der Waals surface area contributed by atoms with Crippen LogP contribution in [0.15, 0.2) is 0 Å². The third-order valence-corrected chi connectivity index (χ3v) is 4.60. The molecule has 1 unspecified atom stereocenters. The maximum atomic E-state index is 3.75. The van der Waals surface area contributed by atoms with E-state index in [1.54, 1.807) is 0 Å². The van der Waals surface area contributed by atoms with Crippen LogP contribution >= 0.6 is 0 Å². The van der Waals surface area contributed by atoms with E-state index < -0.39 is 0 Å². The number of nitrogens with one attached hydrogen (secondary N) is 1. The number of nitrogens with zero attached hydrogens (tertiary/aromatic N) is 1. The van der Waals surface area contributed by atoms with Crippen molar-refractivity contribution in [3.8, 4) is 0 Å². The van der Waals surface area contributed by atoms with Crippen LogP contribution < -0.4 is 5.32 Å². The Labute approximate surface area is 121 Å². The highest BCUT2D eigenvalue weighted by Gasteiger charge is 2.27. The van der Waals surface area contributed by atoms with Crippen LogP contribution in [0, 0.1) is 5.41 Å². The Bertz CT molecular complexity index is 224. The fourth-order valence-corrected chi connectivity index (χ4v) is 3.10. The van der Waals surface area contributed by atoms with Gasteiger partial charge in [-0.1, -0.05) is 53.4 Å². The first kappa shape index (κ1) is 17.0. The molecule has 1 fully saturated rings. The van der Waals surface area contributed by atoms with E-state index in [0.29, 0.717) is 11.5 Å². The SMILES string of the molecule is CCCNC(CN(C)C1CCCCCC1)C(C)(C)C. The second-order valence-electron chi connectivity index (χ2n) is 7.46. The van der Waals surface area contributed by atoms with E-state index in [2.05, 4.69) is 45.0 Å². The van der Waals surface area contributed by atoms with Crippen LogP contribution in [0.25, 0.3) is 0 Å². The highest BCUT2D eigenvalue weighted by molar-refractivity contribution is 4.85. The fraction of sp³-hybridized carbons (Fsp3) is 1.00. The molecule has 2 nitrogen and oxygen atoms in total. The number of hydrogen-bond acceptors (Lipinski definition) is 2. The van der Waals surface area contributed by atoms with Gasteiger partial charge in [0.2, 0.25) is 0 Å². The average molecular weight is 268 g/mol. The normalized spacial score (nSPS) is 20.5. The largest absolute Gasteiger partial charge is 0.312 e. The van der Waals surface area contributed by atoms with Gasteiger partial charge in [-0.05, 0) is 38.3 Å². The van der Waals surface area contributed by atoms with Crippen molar-refractivity contribution < 1.29 is 0 Å². The second-order valence-corrected chi connectivity index (χ2v) is 7.46. The second kappa shape index (κ2) is 8.26. The van der Waals surface area contributed by atoms with Crippen molar-refractivity contribution >= 4 is 0 Å². The zero-order valence-electron chi connectivity index (χ0n) is 14.0. The van der Waals surface area contributed by atoms with Gasteiger partial charge in [0.15, 0.2) is 0 Å². The highest BCUT2D eigenvalue weighted by atomic mass is 15.2. The molecule has 0 bridgehead atoms. The zero-order chi connectivity index (χ0) is 14.3. The summed E-state index contributed by atoms with van der Waals surface area (Å²) in [7, 11) is 2.34. The quantitative estimate of drug-likeness (QED) is 0.731. The minimum atomic E-state index is 0.341. The Hall–Kier alpha value is -0.0800. The van der Waals surface area contributed by atoms with Crippen LogP contribution in [0.1, 0.15) is 72.6 Å². The molecule has 2 heteroatoms. The van der Waals surface area contributed by atoms with Crippen LogP contribution in [0.2, 0.25) is 0 Å². The molecule has 0 aromatic heterocycles. The summed E-state index contributed by atoms with van der Waals surface area (Å²) in [6.45, 7) is 11.7. The van der Waals surface area contributed by atoms with Gasteiger partial charge in [0.1, 0.15) is 0 Å². The predicted octanol–water partition coefficient (Wildman–Crippen LogP) is 4.06. The van der Waals surface area contributed by atoms with Crippen molar-refractivity contribution in [3.63, 3.8) is 0 Å². The minimum Gasteiger partial charge on any atom is -0.312 e. The van der Waals surface area contributed by atoms with Crippen molar-refractivity contribution in [2.75, 3.05) is 20.1 Å². The molecule has 1 N–H and O–H groups in total. The third kappa shape index (κ3) is 6.27. The van der Waals surface area contributed by atoms with E-state index >= 15 is 0 Å². The van der Waals surface area contributed by atoms with Crippen LogP contribution in [-0.2, 0) is 0 Å². The first-order valence-corrected chi connectivity index (χ1v) is 8.38. The Balaban J connectivity index is 2.51. The van der Waals surface area contributed by atoms with E-state index in [0.717, 1.165) is 12.6 Å². The summed E-state index contributed by atoms with van der Waals surface area (Å²) in [4.78, 5) is 2.63. The van der Waals surface area contributed by atoms with Gasteiger partial charge in [0, 0.05) is 18.6 Å². The molecular formula is C17H36N2. The summed E-state index contributed by atoms with van der Waals surface area (Å²) in [6.07, 6.45) is 9.78. The maximum absolute atomic E-state index is 3.75. The molecule has 1 aliphatic rings. The van der Waals surface area contributed by atoms with E-state index in [1.807, 2.05) is 0 Å². The molecule has 0 radical (unpaired) electrons. The topological polar surface area (TPSA) is 15.3 Å². The lowest BCUT2D eigenvalue weighted by molar-refractivity contribution is 0.149. The van der Waals surface area contributed by atoms with Gasteiger partial charge in [-0.25, -0.2) is 0 Å². The van der Waals surface area contributed by atoms with Crippen LogP contribution in [-0.4, -0.2) is 37.1 Å². The van der Waals surface area contributed by atoms with Crippen molar-refractivity contribution in [1.29, 1.82) is 0 Å². The van der Waals surface area contributed by atoms with Gasteiger partial charge in [0.05, 0.1) is 0 Å². The van der Waals surface area contributed by atoms with Crippen LogP contribution in [0.5, 0.6) is 0 Å². The number of hydrogen-bond donors (Lipinski definition) is 1. The fourth-order valence-electron chi connectivity index (χ4n) is 3.10. The average Bonchev–Trinajstić information content (AvgIpc) is 2.61. The van der Waals surface area contributed by atoms with Gasteiger partial charge < -0.3 is 10.2 Å². The van der Waals surface area contributed by atoms with E-state index in [4.69, 9.17) is 0 Å². The first-order valence-electron chi connectivity index (χ1n) is 8.38. The molecular weight excluding hydrogens is 232 g/mol. The Morgan fingerprint density at radius 1 is 1.11 bits per heavy atom. The van der Waals surface area contributed by atoms with E-state index in [9.17, 15) is 0 Å². The van der Waals surface area contributed by atoms with E-state index in [1.165, 1.54) is 51.5 Å². The van der Waals surface area contributed by atoms with Crippen LogP contribution in [0.3, 0.4) is 0 Å². The molecule has 0 saturated heterocycles. The standard InChI is InChI=1S/C17H36N2/c1-6-13-18-16(17(2,3)4)14-19(5)15-11-9-7-8-10-12-15/h15-16,18H,6-14H2,1-5H3. The molecule has 0 amide bonds.